The Bertz CT molecular complexity index is 1310. The standard InChI is InChI=1S/C25H26ClNO7S/c1-30-21-11-9-18(15-19(21)26)35(28,29)27-20-12-16(8-10-22(20)31-2)6-7-17-13-23(32-3)25(34-5)24(14-17)33-4/h6-15,27H,1-5H3. The molecule has 0 saturated carbocycles. The van der Waals surface area contributed by atoms with Crippen LogP contribution in [0, 0.1) is 0 Å². The summed E-state index contributed by atoms with van der Waals surface area (Å²) in [6, 6.07) is 13.0. The van der Waals surface area contributed by atoms with Crippen molar-refractivity contribution in [1.82, 2.24) is 0 Å². The molecule has 3 rings (SSSR count). The molecule has 0 saturated heterocycles. The van der Waals surface area contributed by atoms with Gasteiger partial charge in [-0.3, -0.25) is 4.72 Å². The molecule has 3 aromatic carbocycles. The maximum Gasteiger partial charge on any atom is 0.262 e. The average Bonchev–Trinajstić information content (AvgIpc) is 2.86. The molecule has 0 aromatic heterocycles. The molecule has 0 aliphatic heterocycles. The Morgan fingerprint density at radius 3 is 1.80 bits per heavy atom. The van der Waals surface area contributed by atoms with E-state index in [1.54, 1.807) is 44.6 Å². The van der Waals surface area contributed by atoms with Crippen molar-refractivity contribution in [3.8, 4) is 28.7 Å². The van der Waals surface area contributed by atoms with Gasteiger partial charge < -0.3 is 23.7 Å². The Labute approximate surface area is 210 Å². The SMILES string of the molecule is COc1ccc(S(=O)(=O)Nc2cc(C=Cc3cc(OC)c(OC)c(OC)c3)ccc2OC)cc1Cl. The minimum Gasteiger partial charge on any atom is -0.495 e. The summed E-state index contributed by atoms with van der Waals surface area (Å²) in [6.07, 6.45) is 3.66. The van der Waals surface area contributed by atoms with E-state index in [4.69, 9.17) is 35.3 Å². The van der Waals surface area contributed by atoms with Gasteiger partial charge in [-0.2, -0.15) is 0 Å². The molecule has 0 bridgehead atoms. The summed E-state index contributed by atoms with van der Waals surface area (Å²) in [5.41, 5.74) is 1.79. The van der Waals surface area contributed by atoms with E-state index in [2.05, 4.69) is 4.72 Å². The van der Waals surface area contributed by atoms with Crippen LogP contribution < -0.4 is 28.4 Å². The number of anilines is 1. The van der Waals surface area contributed by atoms with Crippen molar-refractivity contribution in [2.24, 2.45) is 0 Å². The third-order valence-electron chi connectivity index (χ3n) is 5.06. The largest absolute Gasteiger partial charge is 0.495 e. The predicted octanol–water partition coefficient (Wildman–Crippen LogP) is 5.35. The van der Waals surface area contributed by atoms with Crippen molar-refractivity contribution in [3.63, 3.8) is 0 Å². The molecule has 1 N–H and O–H groups in total. The second-order valence-electron chi connectivity index (χ2n) is 7.15. The minimum atomic E-state index is -3.94. The van der Waals surface area contributed by atoms with Gasteiger partial charge in [0.15, 0.2) is 11.5 Å². The summed E-state index contributed by atoms with van der Waals surface area (Å²) in [6.45, 7) is 0. The highest BCUT2D eigenvalue weighted by molar-refractivity contribution is 7.92. The fourth-order valence-electron chi connectivity index (χ4n) is 3.32. The Hall–Kier alpha value is -3.56. The third-order valence-corrected chi connectivity index (χ3v) is 6.72. The summed E-state index contributed by atoms with van der Waals surface area (Å²) < 4.78 is 55.1. The normalized spacial score (nSPS) is 11.3. The third kappa shape index (κ3) is 5.93. The molecule has 186 valence electrons. The number of methoxy groups -OCH3 is 5. The Morgan fingerprint density at radius 2 is 1.26 bits per heavy atom. The maximum absolute atomic E-state index is 13.0. The first-order chi connectivity index (χ1) is 16.8. The van der Waals surface area contributed by atoms with E-state index >= 15 is 0 Å². The molecule has 0 atom stereocenters. The van der Waals surface area contributed by atoms with Gasteiger partial charge in [-0.15, -0.1) is 0 Å². The molecule has 0 fully saturated rings. The van der Waals surface area contributed by atoms with Crippen LogP contribution in [-0.2, 0) is 10.0 Å². The predicted molar refractivity (Wildman–Crippen MR) is 137 cm³/mol. The molecule has 0 heterocycles. The van der Waals surface area contributed by atoms with Gasteiger partial charge in [-0.25, -0.2) is 8.42 Å². The molecule has 8 nitrogen and oxygen atoms in total. The topological polar surface area (TPSA) is 92.3 Å². The quantitative estimate of drug-likeness (QED) is 0.361. The molecule has 0 aliphatic carbocycles. The van der Waals surface area contributed by atoms with E-state index in [0.29, 0.717) is 28.7 Å². The average molecular weight is 520 g/mol. The first-order valence-electron chi connectivity index (χ1n) is 10.3. The second kappa shape index (κ2) is 11.2. The van der Waals surface area contributed by atoms with E-state index in [0.717, 1.165) is 11.1 Å². The van der Waals surface area contributed by atoms with Gasteiger partial charge in [-0.1, -0.05) is 29.8 Å². The number of sulfonamides is 1. The second-order valence-corrected chi connectivity index (χ2v) is 9.24. The van der Waals surface area contributed by atoms with Crippen molar-refractivity contribution >= 4 is 39.5 Å². The molecule has 0 amide bonds. The van der Waals surface area contributed by atoms with Crippen molar-refractivity contribution in [2.75, 3.05) is 40.3 Å². The molecule has 10 heteroatoms. The molecular formula is C25H26ClNO7S. The van der Waals surface area contributed by atoms with Crippen molar-refractivity contribution in [3.05, 3.63) is 64.7 Å². The number of rotatable bonds is 10. The summed E-state index contributed by atoms with van der Waals surface area (Å²) in [5.74, 6) is 2.27. The smallest absolute Gasteiger partial charge is 0.262 e. The number of nitrogens with one attached hydrogen (secondary N) is 1. The van der Waals surface area contributed by atoms with E-state index in [-0.39, 0.29) is 15.6 Å². The van der Waals surface area contributed by atoms with Crippen LogP contribution in [0.3, 0.4) is 0 Å². The van der Waals surface area contributed by atoms with Gasteiger partial charge in [0.25, 0.3) is 10.0 Å². The maximum atomic E-state index is 13.0. The number of benzene rings is 3. The Morgan fingerprint density at radius 1 is 0.686 bits per heavy atom. The fraction of sp³-hybridized carbons (Fsp3) is 0.200. The first-order valence-corrected chi connectivity index (χ1v) is 12.1. The number of halogens is 1. The van der Waals surface area contributed by atoms with Crippen molar-refractivity contribution in [2.45, 2.75) is 4.90 Å². The monoisotopic (exact) mass is 519 g/mol. The van der Waals surface area contributed by atoms with Crippen molar-refractivity contribution in [1.29, 1.82) is 0 Å². The lowest BCUT2D eigenvalue weighted by molar-refractivity contribution is 0.324. The zero-order chi connectivity index (χ0) is 25.6. The van der Waals surface area contributed by atoms with E-state index < -0.39 is 10.0 Å². The minimum absolute atomic E-state index is 0.0104. The fourth-order valence-corrected chi connectivity index (χ4v) is 4.73. The molecule has 0 unspecified atom stereocenters. The van der Waals surface area contributed by atoms with Crippen LogP contribution in [0.4, 0.5) is 5.69 Å². The molecule has 0 spiro atoms. The highest BCUT2D eigenvalue weighted by Gasteiger charge is 2.19. The number of hydrogen-bond acceptors (Lipinski definition) is 7. The molecule has 0 radical (unpaired) electrons. The zero-order valence-corrected chi connectivity index (χ0v) is 21.5. The van der Waals surface area contributed by atoms with Gasteiger partial charge >= 0.3 is 0 Å². The zero-order valence-electron chi connectivity index (χ0n) is 19.9. The molecule has 0 aliphatic rings. The first kappa shape index (κ1) is 26.1. The van der Waals surface area contributed by atoms with Gasteiger partial charge in [0, 0.05) is 0 Å². The van der Waals surface area contributed by atoms with Gasteiger partial charge in [0.2, 0.25) is 5.75 Å². The summed E-state index contributed by atoms with van der Waals surface area (Å²) in [7, 11) is 3.60. The molecule has 3 aromatic rings. The van der Waals surface area contributed by atoms with Crippen LogP contribution in [0.1, 0.15) is 11.1 Å². The molecular weight excluding hydrogens is 494 g/mol. The lowest BCUT2D eigenvalue weighted by Gasteiger charge is -2.14. The Kier molecular flexibility index (Phi) is 8.37. The molecule has 35 heavy (non-hydrogen) atoms. The lowest BCUT2D eigenvalue weighted by Crippen LogP contribution is -2.14. The van der Waals surface area contributed by atoms with Crippen molar-refractivity contribution < 1.29 is 32.1 Å². The van der Waals surface area contributed by atoms with E-state index in [9.17, 15) is 8.42 Å². The van der Waals surface area contributed by atoms with Gasteiger partial charge in [0.05, 0.1) is 51.2 Å². The highest BCUT2D eigenvalue weighted by atomic mass is 35.5. The van der Waals surface area contributed by atoms with Crippen LogP contribution in [0.2, 0.25) is 5.02 Å². The van der Waals surface area contributed by atoms with E-state index in [1.807, 2.05) is 12.2 Å². The van der Waals surface area contributed by atoms with Crippen LogP contribution >= 0.6 is 11.6 Å². The van der Waals surface area contributed by atoms with Crippen LogP contribution in [0.15, 0.2) is 53.4 Å². The lowest BCUT2D eigenvalue weighted by atomic mass is 10.1. The van der Waals surface area contributed by atoms with Crippen LogP contribution in [0.5, 0.6) is 28.7 Å². The van der Waals surface area contributed by atoms with Gasteiger partial charge in [0.1, 0.15) is 11.5 Å². The van der Waals surface area contributed by atoms with E-state index in [1.165, 1.54) is 39.5 Å². The number of hydrogen-bond donors (Lipinski definition) is 1. The summed E-state index contributed by atoms with van der Waals surface area (Å²) in [5, 5.41) is 0.185. The Balaban J connectivity index is 1.93. The number of ether oxygens (including phenoxy) is 5. The van der Waals surface area contributed by atoms with Crippen LogP contribution in [0.25, 0.3) is 12.2 Å². The van der Waals surface area contributed by atoms with Gasteiger partial charge in [-0.05, 0) is 53.6 Å². The summed E-state index contributed by atoms with van der Waals surface area (Å²) >= 11 is 6.11. The van der Waals surface area contributed by atoms with Crippen LogP contribution in [-0.4, -0.2) is 44.0 Å². The highest BCUT2D eigenvalue weighted by Crippen LogP contribution is 2.39. The summed E-state index contributed by atoms with van der Waals surface area (Å²) in [4.78, 5) is -0.0104.